The molecule has 11 heteroatoms. The van der Waals surface area contributed by atoms with Gasteiger partial charge in [-0.15, -0.1) is 0 Å². The van der Waals surface area contributed by atoms with Crippen LogP contribution in [0, 0.1) is 5.92 Å². The van der Waals surface area contributed by atoms with Gasteiger partial charge < -0.3 is 10.2 Å². The van der Waals surface area contributed by atoms with Gasteiger partial charge in [-0.2, -0.15) is 17.5 Å². The highest BCUT2D eigenvalue weighted by atomic mass is 32.2. The van der Waals surface area contributed by atoms with Crippen LogP contribution in [0.4, 0.5) is 13.2 Å². The summed E-state index contributed by atoms with van der Waals surface area (Å²) < 4.78 is 65.1. The number of hydrogen-bond acceptors (Lipinski definition) is 4. The van der Waals surface area contributed by atoms with Crippen LogP contribution in [0.3, 0.4) is 0 Å². The van der Waals surface area contributed by atoms with Gasteiger partial charge in [0.15, 0.2) is 0 Å². The van der Waals surface area contributed by atoms with Gasteiger partial charge in [0.05, 0.1) is 17.0 Å². The molecule has 2 fully saturated rings. The van der Waals surface area contributed by atoms with E-state index in [1.807, 2.05) is 0 Å². The molecular formula is C17H20F3N3O4S. The Morgan fingerprint density at radius 3 is 2.43 bits per heavy atom. The van der Waals surface area contributed by atoms with Crippen molar-refractivity contribution in [1.29, 1.82) is 0 Å². The van der Waals surface area contributed by atoms with Gasteiger partial charge in [0.25, 0.3) is 0 Å². The zero-order chi connectivity index (χ0) is 20.5. The fourth-order valence-corrected chi connectivity index (χ4v) is 4.93. The quantitative estimate of drug-likeness (QED) is 0.794. The molecule has 0 radical (unpaired) electrons. The van der Waals surface area contributed by atoms with Crippen LogP contribution in [-0.2, 0) is 25.8 Å². The molecule has 0 spiro atoms. The molecule has 1 aromatic rings. The Bertz CT molecular complexity index is 865. The summed E-state index contributed by atoms with van der Waals surface area (Å²) in [7, 11) is -4.08. The zero-order valence-corrected chi connectivity index (χ0v) is 15.7. The van der Waals surface area contributed by atoms with Crippen LogP contribution in [0.2, 0.25) is 0 Å². The maximum atomic E-state index is 12.9. The van der Waals surface area contributed by atoms with E-state index < -0.39 is 32.6 Å². The Morgan fingerprint density at radius 2 is 1.82 bits per heavy atom. The monoisotopic (exact) mass is 419 g/mol. The predicted molar refractivity (Wildman–Crippen MR) is 92.5 cm³/mol. The van der Waals surface area contributed by atoms with Gasteiger partial charge in [0.2, 0.25) is 21.8 Å². The number of carbonyl (C=O) groups excluding carboxylic acids is 2. The van der Waals surface area contributed by atoms with Crippen molar-refractivity contribution in [2.75, 3.05) is 32.7 Å². The minimum absolute atomic E-state index is 0.0123. The van der Waals surface area contributed by atoms with Gasteiger partial charge in [0, 0.05) is 32.1 Å². The van der Waals surface area contributed by atoms with E-state index in [1.54, 1.807) is 0 Å². The van der Waals surface area contributed by atoms with Crippen molar-refractivity contribution >= 4 is 21.8 Å². The lowest BCUT2D eigenvalue weighted by Crippen LogP contribution is -2.53. The smallest absolute Gasteiger partial charge is 0.353 e. The first-order chi connectivity index (χ1) is 13.1. The molecule has 0 aromatic heterocycles. The topological polar surface area (TPSA) is 86.8 Å². The number of halogens is 3. The first-order valence-electron chi connectivity index (χ1n) is 8.82. The SMILES string of the molecule is O=C1CN(C(=O)C2CCN(S(=O)(=O)c3cccc(C(F)(F)F)c3)CC2)CCN1. The van der Waals surface area contributed by atoms with Gasteiger partial charge in [-0.3, -0.25) is 9.59 Å². The third-order valence-corrected chi connectivity index (χ3v) is 6.85. The summed E-state index contributed by atoms with van der Waals surface area (Å²) in [5.41, 5.74) is -1.03. The van der Waals surface area contributed by atoms with Crippen molar-refractivity contribution in [3.63, 3.8) is 0 Å². The minimum atomic E-state index is -4.63. The Balaban J connectivity index is 1.67. The number of alkyl halides is 3. The van der Waals surface area contributed by atoms with E-state index in [4.69, 9.17) is 0 Å². The second kappa shape index (κ2) is 7.70. The molecule has 2 aliphatic rings. The number of nitrogens with zero attached hydrogens (tertiary/aromatic N) is 2. The standard InChI is InChI=1S/C17H20F3N3O4S/c18-17(19,20)13-2-1-3-14(10-13)28(26,27)23-7-4-12(5-8-23)16(25)22-9-6-21-15(24)11-22/h1-3,10,12H,4-9,11H2,(H,21,24). The molecule has 28 heavy (non-hydrogen) atoms. The fourth-order valence-electron chi connectivity index (χ4n) is 3.41. The summed E-state index contributed by atoms with van der Waals surface area (Å²) >= 11 is 0. The van der Waals surface area contributed by atoms with E-state index in [9.17, 15) is 31.2 Å². The number of rotatable bonds is 3. The lowest BCUT2D eigenvalue weighted by molar-refractivity contribution is -0.142. The molecule has 0 saturated carbocycles. The molecule has 0 bridgehead atoms. The van der Waals surface area contributed by atoms with Crippen molar-refractivity contribution in [3.8, 4) is 0 Å². The van der Waals surface area contributed by atoms with Crippen LogP contribution in [0.1, 0.15) is 18.4 Å². The van der Waals surface area contributed by atoms with Crippen LogP contribution in [0.25, 0.3) is 0 Å². The Hall–Kier alpha value is -2.14. The molecule has 7 nitrogen and oxygen atoms in total. The van der Waals surface area contributed by atoms with Crippen molar-refractivity contribution in [2.24, 2.45) is 5.92 Å². The number of carbonyl (C=O) groups is 2. The van der Waals surface area contributed by atoms with Crippen LogP contribution in [0.5, 0.6) is 0 Å². The van der Waals surface area contributed by atoms with E-state index >= 15 is 0 Å². The summed E-state index contributed by atoms with van der Waals surface area (Å²) in [4.78, 5) is 25.0. The minimum Gasteiger partial charge on any atom is -0.353 e. The summed E-state index contributed by atoms with van der Waals surface area (Å²) in [6, 6.07) is 3.64. The lowest BCUT2D eigenvalue weighted by atomic mass is 9.96. The summed E-state index contributed by atoms with van der Waals surface area (Å²) in [6.07, 6.45) is -4.12. The van der Waals surface area contributed by atoms with Gasteiger partial charge >= 0.3 is 6.18 Å². The maximum absolute atomic E-state index is 12.9. The molecule has 2 saturated heterocycles. The molecule has 154 valence electrons. The van der Waals surface area contributed by atoms with Gasteiger partial charge in [-0.05, 0) is 31.0 Å². The van der Waals surface area contributed by atoms with E-state index in [-0.39, 0.29) is 44.3 Å². The summed E-state index contributed by atoms with van der Waals surface area (Å²) in [5.74, 6) is -0.825. The molecule has 0 atom stereocenters. The van der Waals surface area contributed by atoms with Crippen LogP contribution >= 0.6 is 0 Å². The van der Waals surface area contributed by atoms with Crippen LogP contribution < -0.4 is 5.32 Å². The number of sulfonamides is 1. The molecule has 0 aliphatic carbocycles. The fraction of sp³-hybridized carbons (Fsp3) is 0.529. The maximum Gasteiger partial charge on any atom is 0.416 e. The Kier molecular flexibility index (Phi) is 5.67. The predicted octanol–water partition coefficient (Wildman–Crippen LogP) is 1.06. The van der Waals surface area contributed by atoms with E-state index in [0.717, 1.165) is 22.5 Å². The molecule has 2 heterocycles. The molecule has 2 aliphatic heterocycles. The van der Waals surface area contributed by atoms with Crippen molar-refractivity contribution in [1.82, 2.24) is 14.5 Å². The lowest BCUT2D eigenvalue weighted by Gasteiger charge is -2.34. The van der Waals surface area contributed by atoms with Crippen molar-refractivity contribution in [2.45, 2.75) is 23.9 Å². The van der Waals surface area contributed by atoms with Crippen LogP contribution in [-0.4, -0.2) is 62.2 Å². The number of piperazine rings is 1. The Morgan fingerprint density at radius 1 is 1.14 bits per heavy atom. The first-order valence-corrected chi connectivity index (χ1v) is 10.3. The van der Waals surface area contributed by atoms with Gasteiger partial charge in [-0.1, -0.05) is 6.07 Å². The highest BCUT2D eigenvalue weighted by Gasteiger charge is 2.36. The van der Waals surface area contributed by atoms with E-state index in [0.29, 0.717) is 19.2 Å². The van der Waals surface area contributed by atoms with Gasteiger partial charge in [0.1, 0.15) is 0 Å². The van der Waals surface area contributed by atoms with Crippen LogP contribution in [0.15, 0.2) is 29.2 Å². The first kappa shape index (κ1) is 20.6. The summed E-state index contributed by atoms with van der Waals surface area (Å²) in [5, 5.41) is 2.63. The number of amides is 2. The highest BCUT2D eigenvalue weighted by molar-refractivity contribution is 7.89. The highest BCUT2D eigenvalue weighted by Crippen LogP contribution is 2.32. The molecule has 0 unspecified atom stereocenters. The Labute approximate surface area is 160 Å². The average molecular weight is 419 g/mol. The van der Waals surface area contributed by atoms with Crippen molar-refractivity contribution < 1.29 is 31.2 Å². The largest absolute Gasteiger partial charge is 0.416 e. The molecule has 3 rings (SSSR count). The second-order valence-electron chi connectivity index (χ2n) is 6.81. The van der Waals surface area contributed by atoms with Gasteiger partial charge in [-0.25, -0.2) is 8.42 Å². The third-order valence-electron chi connectivity index (χ3n) is 4.95. The molecule has 1 N–H and O–H groups in total. The number of nitrogens with one attached hydrogen (secondary N) is 1. The number of piperidine rings is 1. The van der Waals surface area contributed by atoms with E-state index in [1.165, 1.54) is 4.90 Å². The molecule has 1 aromatic carbocycles. The number of hydrogen-bond donors (Lipinski definition) is 1. The average Bonchev–Trinajstić information content (AvgIpc) is 2.67. The van der Waals surface area contributed by atoms with E-state index in [2.05, 4.69) is 5.32 Å². The second-order valence-corrected chi connectivity index (χ2v) is 8.75. The normalized spacial score (nSPS) is 20.1. The summed E-state index contributed by atoms with van der Waals surface area (Å²) in [6.45, 7) is 0.853. The zero-order valence-electron chi connectivity index (χ0n) is 14.9. The number of benzene rings is 1. The third kappa shape index (κ3) is 4.30. The molecule has 2 amide bonds. The van der Waals surface area contributed by atoms with Crippen molar-refractivity contribution in [3.05, 3.63) is 29.8 Å². The molecular weight excluding hydrogens is 399 g/mol.